The van der Waals surface area contributed by atoms with Crippen molar-refractivity contribution in [3.8, 4) is 0 Å². The topological polar surface area (TPSA) is 113 Å². The highest BCUT2D eigenvalue weighted by molar-refractivity contribution is 8.01. The molecule has 2 rings (SSSR count). The van der Waals surface area contributed by atoms with Crippen LogP contribution in [0, 0.1) is 6.92 Å². The van der Waals surface area contributed by atoms with E-state index in [2.05, 4.69) is 9.97 Å². The number of thioether (sulfide) groups is 1. The van der Waals surface area contributed by atoms with Gasteiger partial charge in [-0.1, -0.05) is 18.7 Å². The lowest BCUT2D eigenvalue weighted by molar-refractivity contribution is -0.120. The minimum atomic E-state index is -0.909. The van der Waals surface area contributed by atoms with Crippen LogP contribution in [-0.2, 0) is 18.9 Å². The molecule has 1 atom stereocenters. The Hall–Kier alpha value is -2.16. The minimum Gasteiger partial charge on any atom is -0.368 e. The van der Waals surface area contributed by atoms with Gasteiger partial charge in [-0.05, 0) is 20.3 Å². The summed E-state index contributed by atoms with van der Waals surface area (Å²) < 4.78 is 1.38. The van der Waals surface area contributed by atoms with Crippen molar-refractivity contribution in [2.24, 2.45) is 19.8 Å². The summed E-state index contributed by atoms with van der Waals surface area (Å²) in [6.45, 7) is 5.20. The number of primary amides is 1. The Balaban J connectivity index is 2.88. The van der Waals surface area contributed by atoms with Gasteiger partial charge in [0.25, 0.3) is 5.56 Å². The van der Waals surface area contributed by atoms with Crippen molar-refractivity contribution in [2.45, 2.75) is 37.0 Å². The molecule has 2 N–H and O–H groups in total. The smallest absolute Gasteiger partial charge is 0.332 e. The fourth-order valence-corrected chi connectivity index (χ4v) is 3.25. The quantitative estimate of drug-likeness (QED) is 0.624. The summed E-state index contributed by atoms with van der Waals surface area (Å²) >= 11 is 1.13. The number of nitrogens with two attached hydrogens (primary N) is 1. The molecule has 2 heterocycles. The first-order valence-corrected chi connectivity index (χ1v) is 7.87. The summed E-state index contributed by atoms with van der Waals surface area (Å²) in [5, 5.41) is 0.568. The Bertz CT molecular complexity index is 917. The highest BCUT2D eigenvalue weighted by Crippen LogP contribution is 2.36. The van der Waals surface area contributed by atoms with Crippen molar-refractivity contribution in [2.75, 3.05) is 0 Å². The molecule has 2 aromatic heterocycles. The highest BCUT2D eigenvalue weighted by Gasteiger charge is 2.32. The zero-order valence-electron chi connectivity index (χ0n) is 13.7. The van der Waals surface area contributed by atoms with Gasteiger partial charge in [-0.15, -0.1) is 0 Å². The van der Waals surface area contributed by atoms with Crippen LogP contribution < -0.4 is 17.0 Å². The molecule has 0 aliphatic carbocycles. The SMILES string of the molecule is CCC(C)(Sc1nc(C)nc2c1c(=O)n(C)c(=O)n2C)C(N)=O. The lowest BCUT2D eigenvalue weighted by Crippen LogP contribution is -2.39. The number of carbonyl (C=O) groups excluding carboxylic acids is 1. The first-order valence-electron chi connectivity index (χ1n) is 7.05. The molecular formula is C14H19N5O3S. The van der Waals surface area contributed by atoms with E-state index < -0.39 is 21.9 Å². The van der Waals surface area contributed by atoms with Gasteiger partial charge in [-0.2, -0.15) is 0 Å². The normalized spacial score (nSPS) is 14.0. The molecule has 8 nitrogen and oxygen atoms in total. The molecular weight excluding hydrogens is 318 g/mol. The molecule has 124 valence electrons. The zero-order valence-corrected chi connectivity index (χ0v) is 14.5. The standard InChI is InChI=1S/C14H19N5O3S/c1-6-14(3,12(15)21)23-10-8-9(16-7(2)17-10)18(4)13(22)19(5)11(8)20/h6H2,1-5H3,(H2,15,21). The Labute approximate surface area is 136 Å². The van der Waals surface area contributed by atoms with E-state index in [1.54, 1.807) is 13.8 Å². The van der Waals surface area contributed by atoms with E-state index in [1.807, 2.05) is 6.92 Å². The zero-order chi connectivity index (χ0) is 17.5. The fraction of sp³-hybridized carbons (Fsp3) is 0.500. The summed E-state index contributed by atoms with van der Waals surface area (Å²) in [5.74, 6) is -0.0813. The third kappa shape index (κ3) is 2.76. The Morgan fingerprint density at radius 2 is 1.87 bits per heavy atom. The summed E-state index contributed by atoms with van der Waals surface area (Å²) in [6.07, 6.45) is 0.476. The first-order chi connectivity index (χ1) is 10.6. The number of fused-ring (bicyclic) bond motifs is 1. The average Bonchev–Trinajstić information content (AvgIpc) is 2.49. The van der Waals surface area contributed by atoms with E-state index in [0.29, 0.717) is 17.3 Å². The van der Waals surface area contributed by atoms with Crippen molar-refractivity contribution in [3.63, 3.8) is 0 Å². The van der Waals surface area contributed by atoms with E-state index in [1.165, 1.54) is 18.7 Å². The number of hydrogen-bond acceptors (Lipinski definition) is 6. The van der Waals surface area contributed by atoms with Gasteiger partial charge < -0.3 is 5.73 Å². The van der Waals surface area contributed by atoms with E-state index >= 15 is 0 Å². The third-order valence-electron chi connectivity index (χ3n) is 3.90. The van der Waals surface area contributed by atoms with Crippen molar-refractivity contribution in [1.29, 1.82) is 0 Å². The average molecular weight is 337 g/mol. The van der Waals surface area contributed by atoms with Gasteiger partial charge in [-0.25, -0.2) is 14.8 Å². The van der Waals surface area contributed by atoms with E-state index in [9.17, 15) is 14.4 Å². The van der Waals surface area contributed by atoms with Crippen molar-refractivity contribution in [1.82, 2.24) is 19.1 Å². The maximum atomic E-state index is 12.5. The highest BCUT2D eigenvalue weighted by atomic mass is 32.2. The summed E-state index contributed by atoms with van der Waals surface area (Å²) in [5.41, 5.74) is 4.78. The van der Waals surface area contributed by atoms with E-state index in [4.69, 9.17) is 5.73 Å². The van der Waals surface area contributed by atoms with Crippen LogP contribution in [0.4, 0.5) is 0 Å². The number of rotatable bonds is 4. The lowest BCUT2D eigenvalue weighted by Gasteiger charge is -2.23. The Kier molecular flexibility index (Phi) is 4.34. The van der Waals surface area contributed by atoms with Crippen LogP contribution in [0.1, 0.15) is 26.1 Å². The molecule has 0 spiro atoms. The molecule has 0 bridgehead atoms. The lowest BCUT2D eigenvalue weighted by atomic mass is 10.1. The van der Waals surface area contributed by atoms with Crippen LogP contribution in [0.25, 0.3) is 11.0 Å². The predicted octanol–water partition coefficient (Wildman–Crippen LogP) is 0.0817. The van der Waals surface area contributed by atoms with Gasteiger partial charge in [0.2, 0.25) is 5.91 Å². The van der Waals surface area contributed by atoms with Gasteiger partial charge in [0.1, 0.15) is 16.2 Å². The summed E-state index contributed by atoms with van der Waals surface area (Å²) in [6, 6.07) is 0. The van der Waals surface area contributed by atoms with Gasteiger partial charge in [0.15, 0.2) is 5.65 Å². The van der Waals surface area contributed by atoms with Crippen molar-refractivity contribution >= 4 is 28.7 Å². The van der Waals surface area contributed by atoms with Crippen molar-refractivity contribution < 1.29 is 4.79 Å². The Morgan fingerprint density at radius 3 is 2.39 bits per heavy atom. The van der Waals surface area contributed by atoms with Crippen molar-refractivity contribution in [3.05, 3.63) is 26.7 Å². The van der Waals surface area contributed by atoms with Crippen LogP contribution in [0.5, 0.6) is 0 Å². The fourth-order valence-electron chi connectivity index (χ4n) is 2.12. The molecule has 2 aromatic rings. The third-order valence-corrected chi connectivity index (χ3v) is 5.33. The molecule has 9 heteroatoms. The molecule has 1 amide bonds. The van der Waals surface area contributed by atoms with Crippen LogP contribution in [-0.4, -0.2) is 29.8 Å². The maximum absolute atomic E-state index is 12.5. The number of aryl methyl sites for hydroxylation is 2. The Morgan fingerprint density at radius 1 is 1.26 bits per heavy atom. The number of carbonyl (C=O) groups is 1. The molecule has 23 heavy (non-hydrogen) atoms. The maximum Gasteiger partial charge on any atom is 0.332 e. The molecule has 0 aliphatic rings. The predicted molar refractivity (Wildman–Crippen MR) is 88.5 cm³/mol. The molecule has 0 aromatic carbocycles. The monoisotopic (exact) mass is 337 g/mol. The molecule has 1 unspecified atom stereocenters. The largest absolute Gasteiger partial charge is 0.368 e. The number of aromatic nitrogens is 4. The second-order valence-electron chi connectivity index (χ2n) is 5.53. The second-order valence-corrected chi connectivity index (χ2v) is 7.02. The molecule has 0 saturated heterocycles. The first kappa shape index (κ1) is 17.2. The van der Waals surface area contributed by atoms with Crippen LogP contribution in [0.3, 0.4) is 0 Å². The number of amides is 1. The van der Waals surface area contributed by atoms with Gasteiger partial charge in [0.05, 0.1) is 4.75 Å². The van der Waals surface area contributed by atoms with Gasteiger partial charge in [0, 0.05) is 14.1 Å². The van der Waals surface area contributed by atoms with Crippen LogP contribution in [0.15, 0.2) is 14.6 Å². The summed E-state index contributed by atoms with van der Waals surface area (Å²) in [7, 11) is 2.93. The van der Waals surface area contributed by atoms with Gasteiger partial charge >= 0.3 is 5.69 Å². The van der Waals surface area contributed by atoms with E-state index in [-0.39, 0.29) is 11.0 Å². The molecule has 0 aliphatic heterocycles. The minimum absolute atomic E-state index is 0.214. The number of nitrogens with zero attached hydrogens (tertiary/aromatic N) is 4. The number of hydrogen-bond donors (Lipinski definition) is 1. The van der Waals surface area contributed by atoms with Crippen LogP contribution in [0.2, 0.25) is 0 Å². The van der Waals surface area contributed by atoms with E-state index in [0.717, 1.165) is 16.3 Å². The summed E-state index contributed by atoms with van der Waals surface area (Å²) in [4.78, 5) is 44.9. The second kappa shape index (κ2) is 5.80. The molecule has 0 fully saturated rings. The van der Waals surface area contributed by atoms with Gasteiger partial charge in [-0.3, -0.25) is 18.7 Å². The molecule has 0 saturated carbocycles. The van der Waals surface area contributed by atoms with Crippen LogP contribution >= 0.6 is 11.8 Å². The molecule has 0 radical (unpaired) electrons.